The van der Waals surface area contributed by atoms with E-state index in [-0.39, 0.29) is 11.6 Å². The highest BCUT2D eigenvalue weighted by Crippen LogP contribution is 2.36. The Morgan fingerprint density at radius 3 is 2.81 bits per heavy atom. The van der Waals surface area contributed by atoms with Crippen molar-refractivity contribution in [2.75, 3.05) is 5.32 Å². The van der Waals surface area contributed by atoms with Crippen LogP contribution in [0.25, 0.3) is 11.6 Å². The van der Waals surface area contributed by atoms with E-state index >= 15 is 0 Å². The van der Waals surface area contributed by atoms with E-state index in [4.69, 9.17) is 0 Å². The average molecular weight is 379 g/mol. The lowest BCUT2D eigenvalue weighted by molar-refractivity contribution is -0.387. The Morgan fingerprint density at radius 1 is 1.26 bits per heavy atom. The van der Waals surface area contributed by atoms with Gasteiger partial charge in [0.25, 0.3) is 11.6 Å². The first-order valence-corrected chi connectivity index (χ1v) is 8.77. The van der Waals surface area contributed by atoms with Crippen LogP contribution in [0.1, 0.15) is 11.1 Å². The fourth-order valence-corrected chi connectivity index (χ4v) is 3.62. The van der Waals surface area contributed by atoms with E-state index in [9.17, 15) is 14.9 Å². The van der Waals surface area contributed by atoms with Crippen LogP contribution in [0.4, 0.5) is 11.4 Å². The first-order chi connectivity index (χ1) is 13.0. The number of aromatic nitrogens is 3. The van der Waals surface area contributed by atoms with Crippen molar-refractivity contribution in [1.82, 2.24) is 14.8 Å². The van der Waals surface area contributed by atoms with Gasteiger partial charge in [-0.25, -0.2) is 0 Å². The number of hydrogen-bond acceptors (Lipinski definition) is 6. The molecule has 9 heteroatoms. The molecule has 0 bridgehead atoms. The second-order valence-corrected chi connectivity index (χ2v) is 6.88. The van der Waals surface area contributed by atoms with Gasteiger partial charge in [0, 0.05) is 29.9 Å². The number of nitro benzene ring substituents is 1. The number of anilines is 1. The molecule has 3 aromatic rings. The number of nitrogens with zero attached hydrogens (tertiary/aromatic N) is 4. The van der Waals surface area contributed by atoms with E-state index in [1.807, 2.05) is 24.3 Å². The third-order valence-corrected chi connectivity index (χ3v) is 5.19. The number of nitro groups is 1. The molecule has 0 radical (unpaired) electrons. The van der Waals surface area contributed by atoms with Crippen LogP contribution < -0.4 is 5.32 Å². The van der Waals surface area contributed by atoms with Crippen LogP contribution in [0.5, 0.6) is 0 Å². The third kappa shape index (κ3) is 3.20. The molecular formula is C18H13N5O3S. The van der Waals surface area contributed by atoms with Gasteiger partial charge in [-0.3, -0.25) is 14.9 Å². The van der Waals surface area contributed by atoms with Crippen molar-refractivity contribution >= 4 is 40.7 Å². The molecule has 4 rings (SSSR count). The van der Waals surface area contributed by atoms with Crippen molar-refractivity contribution in [3.05, 3.63) is 70.0 Å². The average Bonchev–Trinajstić information content (AvgIpc) is 3.19. The summed E-state index contributed by atoms with van der Waals surface area (Å²) in [5.74, 6) is -0.226. The van der Waals surface area contributed by atoms with E-state index in [0.717, 1.165) is 23.0 Å². The zero-order chi connectivity index (χ0) is 19.0. The van der Waals surface area contributed by atoms with Gasteiger partial charge in [0.2, 0.25) is 0 Å². The van der Waals surface area contributed by atoms with Crippen molar-refractivity contribution in [3.63, 3.8) is 0 Å². The number of carbonyl (C=O) groups is 1. The molecule has 0 atom stereocenters. The quantitative estimate of drug-likeness (QED) is 0.423. The Morgan fingerprint density at radius 2 is 2.07 bits per heavy atom. The van der Waals surface area contributed by atoms with Gasteiger partial charge >= 0.3 is 0 Å². The molecule has 0 unspecified atom stereocenters. The van der Waals surface area contributed by atoms with Crippen LogP contribution in [-0.2, 0) is 11.8 Å². The maximum Gasteiger partial charge on any atom is 0.283 e. The van der Waals surface area contributed by atoms with Crippen molar-refractivity contribution in [1.29, 1.82) is 0 Å². The van der Waals surface area contributed by atoms with Crippen LogP contribution in [-0.4, -0.2) is 25.6 Å². The number of rotatable bonds is 4. The molecule has 1 amide bonds. The smallest absolute Gasteiger partial charge is 0.283 e. The zero-order valence-electron chi connectivity index (χ0n) is 14.1. The number of hydrogen-bond donors (Lipinski definition) is 1. The molecule has 134 valence electrons. The Bertz CT molecular complexity index is 1110. The van der Waals surface area contributed by atoms with E-state index in [1.54, 1.807) is 29.8 Å². The van der Waals surface area contributed by atoms with Gasteiger partial charge in [0.1, 0.15) is 6.33 Å². The number of para-hydroxylation sites is 1. The molecular weight excluding hydrogens is 366 g/mol. The predicted molar refractivity (Wildman–Crippen MR) is 101 cm³/mol. The molecule has 0 spiro atoms. The molecule has 8 nitrogen and oxygen atoms in total. The van der Waals surface area contributed by atoms with Crippen LogP contribution in [0.3, 0.4) is 0 Å². The summed E-state index contributed by atoms with van der Waals surface area (Å²) in [6.45, 7) is 0. The summed E-state index contributed by atoms with van der Waals surface area (Å²) in [5, 5.41) is 22.6. The maximum atomic E-state index is 12.2. The highest BCUT2D eigenvalue weighted by molar-refractivity contribution is 7.99. The Kier molecular flexibility index (Phi) is 4.21. The van der Waals surface area contributed by atoms with Crippen molar-refractivity contribution in [2.45, 2.75) is 10.1 Å². The van der Waals surface area contributed by atoms with Gasteiger partial charge in [-0.15, -0.1) is 10.2 Å². The summed E-state index contributed by atoms with van der Waals surface area (Å²) < 4.78 is 1.68. The maximum absolute atomic E-state index is 12.2. The van der Waals surface area contributed by atoms with Gasteiger partial charge < -0.3 is 9.88 Å². The highest BCUT2D eigenvalue weighted by atomic mass is 32.2. The number of amides is 1. The van der Waals surface area contributed by atoms with E-state index in [2.05, 4.69) is 15.5 Å². The van der Waals surface area contributed by atoms with Crippen LogP contribution >= 0.6 is 11.8 Å². The number of aryl methyl sites for hydroxylation is 1. The SMILES string of the molecule is Cn1cnnc1Sc1ccc(/C=C2/C(=O)Nc3ccccc32)cc1[N+](=O)[O-]. The van der Waals surface area contributed by atoms with E-state index in [0.29, 0.717) is 21.2 Å². The molecule has 0 fully saturated rings. The summed E-state index contributed by atoms with van der Waals surface area (Å²) in [7, 11) is 1.77. The molecule has 2 aromatic carbocycles. The van der Waals surface area contributed by atoms with E-state index in [1.165, 1.54) is 12.4 Å². The summed E-state index contributed by atoms with van der Waals surface area (Å²) in [6, 6.07) is 12.2. The normalized spacial score (nSPS) is 14.3. The van der Waals surface area contributed by atoms with Crippen molar-refractivity contribution in [2.24, 2.45) is 7.05 Å². The fraction of sp³-hybridized carbons (Fsp3) is 0.0556. The number of benzene rings is 2. The summed E-state index contributed by atoms with van der Waals surface area (Å²) in [5.41, 5.74) is 2.52. The molecule has 1 aliphatic heterocycles. The lowest BCUT2D eigenvalue weighted by atomic mass is 10.0. The number of fused-ring (bicyclic) bond motifs is 1. The van der Waals surface area contributed by atoms with Crippen LogP contribution in [0, 0.1) is 10.1 Å². The monoisotopic (exact) mass is 379 g/mol. The predicted octanol–water partition coefficient (Wildman–Crippen LogP) is 3.37. The minimum Gasteiger partial charge on any atom is -0.321 e. The fourth-order valence-electron chi connectivity index (χ4n) is 2.77. The lowest BCUT2D eigenvalue weighted by Crippen LogP contribution is -2.03. The summed E-state index contributed by atoms with van der Waals surface area (Å²) in [6.07, 6.45) is 3.19. The minimum atomic E-state index is -0.441. The first kappa shape index (κ1) is 17.0. The Hall–Kier alpha value is -3.46. The number of carbonyl (C=O) groups excluding carboxylic acids is 1. The molecule has 1 aromatic heterocycles. The van der Waals surface area contributed by atoms with Gasteiger partial charge in [0.15, 0.2) is 5.16 Å². The highest BCUT2D eigenvalue weighted by Gasteiger charge is 2.24. The number of nitrogens with one attached hydrogen (secondary N) is 1. The van der Waals surface area contributed by atoms with Gasteiger partial charge in [-0.1, -0.05) is 24.3 Å². The van der Waals surface area contributed by atoms with Gasteiger partial charge in [-0.05, 0) is 35.5 Å². The second-order valence-electron chi connectivity index (χ2n) is 5.87. The van der Waals surface area contributed by atoms with Gasteiger partial charge in [-0.2, -0.15) is 0 Å². The largest absolute Gasteiger partial charge is 0.321 e. The van der Waals surface area contributed by atoms with Crippen molar-refractivity contribution < 1.29 is 9.72 Å². The van der Waals surface area contributed by atoms with Crippen LogP contribution in [0.15, 0.2) is 58.8 Å². The third-order valence-electron chi connectivity index (χ3n) is 4.07. The molecule has 1 aliphatic rings. The molecule has 0 aliphatic carbocycles. The second kappa shape index (κ2) is 6.69. The summed E-state index contributed by atoms with van der Waals surface area (Å²) in [4.78, 5) is 23.8. The molecule has 0 saturated carbocycles. The standard InChI is InChI=1S/C18H13N5O3S/c1-22-10-19-21-18(22)27-16-7-6-11(9-15(16)23(25)26)8-13-12-4-2-3-5-14(12)20-17(13)24/h2-10H,1H3,(H,20,24)/b13-8+. The minimum absolute atomic E-state index is 0.0518. The van der Waals surface area contributed by atoms with E-state index < -0.39 is 4.92 Å². The topological polar surface area (TPSA) is 103 Å². The van der Waals surface area contributed by atoms with Crippen LogP contribution in [0.2, 0.25) is 0 Å². The Labute approximate surface area is 158 Å². The lowest BCUT2D eigenvalue weighted by Gasteiger charge is -2.04. The molecule has 1 N–H and O–H groups in total. The first-order valence-electron chi connectivity index (χ1n) is 7.95. The zero-order valence-corrected chi connectivity index (χ0v) is 14.9. The molecule has 27 heavy (non-hydrogen) atoms. The summed E-state index contributed by atoms with van der Waals surface area (Å²) >= 11 is 1.16. The molecule has 2 heterocycles. The van der Waals surface area contributed by atoms with Gasteiger partial charge in [0.05, 0.1) is 9.82 Å². The van der Waals surface area contributed by atoms with Crippen molar-refractivity contribution in [3.8, 4) is 0 Å². The Balaban J connectivity index is 1.73. The molecule has 0 saturated heterocycles.